The van der Waals surface area contributed by atoms with Gasteiger partial charge in [-0.3, -0.25) is 0 Å². The Morgan fingerprint density at radius 2 is 2.00 bits per heavy atom. The molecule has 0 heterocycles. The Balaban J connectivity index is 0.00000121. The van der Waals surface area contributed by atoms with Gasteiger partial charge in [-0.2, -0.15) is 0 Å². The van der Waals surface area contributed by atoms with Gasteiger partial charge < -0.3 is 5.73 Å². The fourth-order valence-corrected chi connectivity index (χ4v) is 1.62. The predicted molar refractivity (Wildman–Crippen MR) is 56.0 cm³/mol. The zero-order chi connectivity index (χ0) is 8.43. The molecule has 0 unspecified atom stereocenters. The maximum Gasteiger partial charge on any atom is 0.0456 e. The molecular weight excluding hydrogens is 193 g/mol. The third-order valence-electron chi connectivity index (χ3n) is 1.73. The summed E-state index contributed by atoms with van der Waals surface area (Å²) in [4.78, 5) is 0. The summed E-state index contributed by atoms with van der Waals surface area (Å²) in [7, 11) is 0. The minimum Gasteiger partial charge on any atom is -0.324 e. The van der Waals surface area contributed by atoms with E-state index in [1.54, 1.807) is 0 Å². The van der Waals surface area contributed by atoms with Crippen molar-refractivity contribution in [2.24, 2.45) is 5.73 Å². The topological polar surface area (TPSA) is 26.0 Å². The van der Waals surface area contributed by atoms with Crippen molar-refractivity contribution in [1.82, 2.24) is 0 Å². The molecular formula is C9H13Cl2N. The summed E-state index contributed by atoms with van der Waals surface area (Å²) in [5, 5.41) is 0.764. The summed E-state index contributed by atoms with van der Waals surface area (Å²) in [6, 6.07) is 5.84. The number of hydrogen-bond donors (Lipinski definition) is 1. The number of nitrogens with two attached hydrogens (primary N) is 1. The first kappa shape index (κ1) is 11.8. The third-order valence-corrected chi connectivity index (χ3v) is 2.06. The molecule has 0 bridgehead atoms. The van der Waals surface area contributed by atoms with E-state index in [9.17, 15) is 0 Å². The summed E-state index contributed by atoms with van der Waals surface area (Å²) in [5.41, 5.74) is 7.94. The minimum absolute atomic E-state index is 0. The Kier molecular flexibility index (Phi) is 4.61. The highest BCUT2D eigenvalue weighted by Crippen LogP contribution is 2.24. The zero-order valence-corrected chi connectivity index (χ0v) is 8.75. The average Bonchev–Trinajstić information content (AvgIpc) is 1.85. The van der Waals surface area contributed by atoms with Crippen molar-refractivity contribution >= 4 is 24.0 Å². The molecule has 0 radical (unpaired) electrons. The molecule has 1 nitrogen and oxygen atoms in total. The van der Waals surface area contributed by atoms with Gasteiger partial charge in [-0.1, -0.05) is 23.7 Å². The highest BCUT2D eigenvalue weighted by atomic mass is 35.5. The van der Waals surface area contributed by atoms with Crippen LogP contribution < -0.4 is 5.73 Å². The molecule has 1 aromatic carbocycles. The fourth-order valence-electron chi connectivity index (χ4n) is 1.22. The second-order valence-corrected chi connectivity index (χ2v) is 3.17. The second kappa shape index (κ2) is 4.70. The maximum absolute atomic E-state index is 5.94. The Labute approximate surface area is 84.3 Å². The molecule has 0 saturated heterocycles. The molecule has 12 heavy (non-hydrogen) atoms. The summed E-state index contributed by atoms with van der Waals surface area (Å²) < 4.78 is 0. The molecule has 1 aromatic rings. The lowest BCUT2D eigenvalue weighted by atomic mass is 10.0. The Morgan fingerprint density at radius 3 is 2.33 bits per heavy atom. The smallest absolute Gasteiger partial charge is 0.0456 e. The van der Waals surface area contributed by atoms with E-state index in [4.69, 9.17) is 17.3 Å². The van der Waals surface area contributed by atoms with Gasteiger partial charge in [-0.25, -0.2) is 0 Å². The summed E-state index contributed by atoms with van der Waals surface area (Å²) in [5.74, 6) is 0. The van der Waals surface area contributed by atoms with Gasteiger partial charge in [0, 0.05) is 11.1 Å². The number of halogens is 2. The normalized spacial score (nSPS) is 12.0. The number of aryl methyl sites for hydroxylation is 1. The predicted octanol–water partition coefficient (Wildman–Crippen LogP) is 3.09. The van der Waals surface area contributed by atoms with E-state index < -0.39 is 0 Å². The van der Waals surface area contributed by atoms with Crippen LogP contribution in [0.5, 0.6) is 0 Å². The van der Waals surface area contributed by atoms with E-state index in [-0.39, 0.29) is 18.4 Å². The molecule has 0 saturated carbocycles. The maximum atomic E-state index is 5.94. The molecule has 0 aliphatic carbocycles. The van der Waals surface area contributed by atoms with Crippen molar-refractivity contribution < 1.29 is 0 Å². The zero-order valence-electron chi connectivity index (χ0n) is 7.17. The second-order valence-electron chi connectivity index (χ2n) is 2.76. The van der Waals surface area contributed by atoms with E-state index in [0.29, 0.717) is 0 Å². The summed E-state index contributed by atoms with van der Waals surface area (Å²) >= 11 is 5.94. The van der Waals surface area contributed by atoms with Crippen LogP contribution in [0.4, 0.5) is 0 Å². The van der Waals surface area contributed by atoms with Crippen molar-refractivity contribution in [3.63, 3.8) is 0 Å². The first-order chi connectivity index (χ1) is 5.13. The third kappa shape index (κ3) is 2.37. The van der Waals surface area contributed by atoms with Crippen molar-refractivity contribution in [1.29, 1.82) is 0 Å². The molecule has 0 aliphatic rings. The Hall–Kier alpha value is -0.240. The number of rotatable bonds is 1. The molecule has 3 heteroatoms. The van der Waals surface area contributed by atoms with Gasteiger partial charge in [0.05, 0.1) is 0 Å². The monoisotopic (exact) mass is 205 g/mol. The quantitative estimate of drug-likeness (QED) is 0.750. The molecule has 0 aliphatic heterocycles. The average molecular weight is 206 g/mol. The van der Waals surface area contributed by atoms with Gasteiger partial charge in [0.1, 0.15) is 0 Å². The first-order valence-electron chi connectivity index (χ1n) is 3.63. The molecule has 1 rings (SSSR count). The molecule has 0 amide bonds. The largest absolute Gasteiger partial charge is 0.324 e. The highest BCUT2D eigenvalue weighted by Gasteiger charge is 2.06. The van der Waals surface area contributed by atoms with E-state index in [1.165, 1.54) is 0 Å². The Bertz CT molecular complexity index is 238. The lowest BCUT2D eigenvalue weighted by molar-refractivity contribution is 0.810. The van der Waals surface area contributed by atoms with Crippen LogP contribution in [-0.2, 0) is 0 Å². The number of hydrogen-bond acceptors (Lipinski definition) is 1. The SMILES string of the molecule is Cc1cccc(Cl)c1[C@@H](C)N.Cl. The fraction of sp³-hybridized carbons (Fsp3) is 0.333. The van der Waals surface area contributed by atoms with Crippen LogP contribution >= 0.6 is 24.0 Å². The summed E-state index contributed by atoms with van der Waals surface area (Å²) in [6.45, 7) is 3.96. The van der Waals surface area contributed by atoms with Crippen molar-refractivity contribution in [2.45, 2.75) is 19.9 Å². The van der Waals surface area contributed by atoms with Gasteiger partial charge in [0.25, 0.3) is 0 Å². The van der Waals surface area contributed by atoms with Gasteiger partial charge in [-0.15, -0.1) is 12.4 Å². The van der Waals surface area contributed by atoms with Crippen LogP contribution in [0.1, 0.15) is 24.1 Å². The highest BCUT2D eigenvalue weighted by molar-refractivity contribution is 6.31. The van der Waals surface area contributed by atoms with Gasteiger partial charge >= 0.3 is 0 Å². The van der Waals surface area contributed by atoms with Crippen LogP contribution in [0, 0.1) is 6.92 Å². The molecule has 68 valence electrons. The van der Waals surface area contributed by atoms with Crippen LogP contribution in [-0.4, -0.2) is 0 Å². The van der Waals surface area contributed by atoms with Crippen LogP contribution in [0.15, 0.2) is 18.2 Å². The molecule has 1 atom stereocenters. The first-order valence-corrected chi connectivity index (χ1v) is 4.01. The van der Waals surface area contributed by atoms with Crippen molar-refractivity contribution in [3.8, 4) is 0 Å². The van der Waals surface area contributed by atoms with Crippen molar-refractivity contribution in [3.05, 3.63) is 34.3 Å². The van der Waals surface area contributed by atoms with Crippen molar-refractivity contribution in [2.75, 3.05) is 0 Å². The van der Waals surface area contributed by atoms with Crippen LogP contribution in [0.3, 0.4) is 0 Å². The van der Waals surface area contributed by atoms with Gasteiger partial charge in [0.15, 0.2) is 0 Å². The summed E-state index contributed by atoms with van der Waals surface area (Å²) in [6.07, 6.45) is 0. The van der Waals surface area contributed by atoms with Crippen LogP contribution in [0.25, 0.3) is 0 Å². The van der Waals surface area contributed by atoms with E-state index >= 15 is 0 Å². The lowest BCUT2D eigenvalue weighted by Crippen LogP contribution is -2.07. The minimum atomic E-state index is 0. The van der Waals surface area contributed by atoms with Gasteiger partial charge in [-0.05, 0) is 31.0 Å². The number of benzene rings is 1. The molecule has 2 N–H and O–H groups in total. The lowest BCUT2D eigenvalue weighted by Gasteiger charge is -2.10. The standard InChI is InChI=1S/C9H12ClN.ClH/c1-6-4-3-5-8(10)9(6)7(2)11;/h3-5,7H,11H2,1-2H3;1H/t7-;/m1./s1. The molecule has 0 aromatic heterocycles. The van der Waals surface area contributed by atoms with E-state index in [2.05, 4.69) is 0 Å². The van der Waals surface area contributed by atoms with E-state index in [0.717, 1.165) is 16.1 Å². The molecule has 0 spiro atoms. The van der Waals surface area contributed by atoms with E-state index in [1.807, 2.05) is 32.0 Å². The Morgan fingerprint density at radius 1 is 1.42 bits per heavy atom. The van der Waals surface area contributed by atoms with Gasteiger partial charge in [0.2, 0.25) is 0 Å². The van der Waals surface area contributed by atoms with Crippen LogP contribution in [0.2, 0.25) is 5.02 Å². The molecule has 0 fully saturated rings.